The molecule has 74 valence electrons. The van der Waals surface area contributed by atoms with Crippen molar-refractivity contribution in [2.45, 2.75) is 13.8 Å². The van der Waals surface area contributed by atoms with Crippen LogP contribution < -0.4 is 0 Å². The molecule has 0 bridgehead atoms. The molecular formula is C11H13NO2. The van der Waals surface area contributed by atoms with Crippen molar-refractivity contribution in [3.05, 3.63) is 24.3 Å². The quantitative estimate of drug-likeness (QED) is 0.548. The number of aliphatic carboxylic acids is 1. The van der Waals surface area contributed by atoms with Crippen molar-refractivity contribution in [1.82, 2.24) is 0 Å². The fraction of sp³-hybridized carbons (Fsp3) is 0.455. The highest BCUT2D eigenvalue weighted by molar-refractivity contribution is 5.76. The molecule has 0 heterocycles. The van der Waals surface area contributed by atoms with Gasteiger partial charge in [-0.3, -0.25) is 4.79 Å². The molecule has 0 aromatic rings. The van der Waals surface area contributed by atoms with E-state index in [9.17, 15) is 4.79 Å². The van der Waals surface area contributed by atoms with Crippen LogP contribution in [0.5, 0.6) is 0 Å². The van der Waals surface area contributed by atoms with E-state index in [1.165, 1.54) is 6.08 Å². The van der Waals surface area contributed by atoms with E-state index < -0.39 is 5.97 Å². The van der Waals surface area contributed by atoms with E-state index in [0.29, 0.717) is 5.57 Å². The molecule has 1 unspecified atom stereocenters. The maximum absolute atomic E-state index is 10.8. The molecule has 1 rings (SSSR count). The van der Waals surface area contributed by atoms with Gasteiger partial charge in [-0.2, -0.15) is 5.26 Å². The van der Waals surface area contributed by atoms with Crippen LogP contribution in [0.2, 0.25) is 0 Å². The molecule has 1 aliphatic carbocycles. The fourth-order valence-corrected chi connectivity index (χ4v) is 1.80. The number of carbonyl (C=O) groups is 1. The number of hydrogen-bond acceptors (Lipinski definition) is 2. The summed E-state index contributed by atoms with van der Waals surface area (Å²) in [6.07, 6.45) is 3.15. The lowest BCUT2D eigenvalue weighted by molar-refractivity contribution is -0.139. The molecule has 3 heteroatoms. The van der Waals surface area contributed by atoms with Gasteiger partial charge in [-0.05, 0) is 11.3 Å². The first-order valence-corrected chi connectivity index (χ1v) is 4.42. The monoisotopic (exact) mass is 191 g/mol. The summed E-state index contributed by atoms with van der Waals surface area (Å²) >= 11 is 0. The van der Waals surface area contributed by atoms with Crippen LogP contribution >= 0.6 is 0 Å². The van der Waals surface area contributed by atoms with E-state index in [1.807, 2.05) is 19.9 Å². The van der Waals surface area contributed by atoms with Crippen LogP contribution in [0.25, 0.3) is 0 Å². The molecule has 1 aliphatic rings. The summed E-state index contributed by atoms with van der Waals surface area (Å²) in [6, 6.07) is 1.97. The van der Waals surface area contributed by atoms with Gasteiger partial charge in [0.15, 0.2) is 0 Å². The highest BCUT2D eigenvalue weighted by Crippen LogP contribution is 2.59. The van der Waals surface area contributed by atoms with Gasteiger partial charge in [-0.15, -0.1) is 0 Å². The SMILES string of the molecule is C=C/C(C#N)=C/C1[C@@H](C(=O)O)C1(C)C. The number of carboxylic acid groups (broad SMARTS) is 1. The summed E-state index contributed by atoms with van der Waals surface area (Å²) in [7, 11) is 0. The minimum absolute atomic E-state index is 0.0485. The Balaban J connectivity index is 2.85. The van der Waals surface area contributed by atoms with E-state index in [4.69, 9.17) is 10.4 Å². The Morgan fingerprint density at radius 1 is 1.64 bits per heavy atom. The molecular weight excluding hydrogens is 178 g/mol. The molecule has 0 radical (unpaired) electrons. The van der Waals surface area contributed by atoms with E-state index in [0.717, 1.165) is 0 Å². The standard InChI is InChI=1S/C11H13NO2/c1-4-7(6-12)5-8-9(10(13)14)11(8,2)3/h4-5,8-9H,1H2,2-3H3,(H,13,14)/b7-5-/t8?,9-/m0/s1. The predicted octanol–water partition coefficient (Wildman–Crippen LogP) is 1.98. The van der Waals surface area contributed by atoms with Gasteiger partial charge in [0.2, 0.25) is 0 Å². The maximum Gasteiger partial charge on any atom is 0.307 e. The van der Waals surface area contributed by atoms with E-state index >= 15 is 0 Å². The second-order valence-corrected chi connectivity index (χ2v) is 4.10. The number of hydrogen-bond donors (Lipinski definition) is 1. The molecule has 2 atom stereocenters. The third-order valence-electron chi connectivity index (χ3n) is 2.88. The lowest BCUT2D eigenvalue weighted by Crippen LogP contribution is -2.03. The third-order valence-corrected chi connectivity index (χ3v) is 2.88. The number of allylic oxidation sites excluding steroid dienone is 3. The van der Waals surface area contributed by atoms with Crippen molar-refractivity contribution < 1.29 is 9.90 Å². The molecule has 14 heavy (non-hydrogen) atoms. The second kappa shape index (κ2) is 3.30. The summed E-state index contributed by atoms with van der Waals surface area (Å²) in [4.78, 5) is 10.8. The zero-order chi connectivity index (χ0) is 10.9. The Labute approximate surface area is 83.4 Å². The topological polar surface area (TPSA) is 61.1 Å². The Morgan fingerprint density at radius 3 is 2.50 bits per heavy atom. The van der Waals surface area contributed by atoms with Crippen LogP contribution in [0.4, 0.5) is 0 Å². The van der Waals surface area contributed by atoms with Gasteiger partial charge < -0.3 is 5.11 Å². The van der Waals surface area contributed by atoms with Gasteiger partial charge in [0, 0.05) is 5.57 Å². The molecule has 0 amide bonds. The van der Waals surface area contributed by atoms with Gasteiger partial charge in [0.25, 0.3) is 0 Å². The van der Waals surface area contributed by atoms with Gasteiger partial charge in [-0.25, -0.2) is 0 Å². The van der Waals surface area contributed by atoms with Gasteiger partial charge in [0.05, 0.1) is 12.0 Å². The average molecular weight is 191 g/mol. The molecule has 0 saturated heterocycles. The van der Waals surface area contributed by atoms with Crippen molar-refractivity contribution in [3.63, 3.8) is 0 Å². The molecule has 0 aliphatic heterocycles. The zero-order valence-corrected chi connectivity index (χ0v) is 8.32. The zero-order valence-electron chi connectivity index (χ0n) is 8.32. The first-order valence-electron chi connectivity index (χ1n) is 4.42. The first-order chi connectivity index (χ1) is 6.45. The highest BCUT2D eigenvalue weighted by Gasteiger charge is 2.60. The van der Waals surface area contributed by atoms with Crippen molar-refractivity contribution in [2.75, 3.05) is 0 Å². The van der Waals surface area contributed by atoms with Crippen LogP contribution in [0.3, 0.4) is 0 Å². The predicted molar refractivity (Wildman–Crippen MR) is 52.3 cm³/mol. The van der Waals surface area contributed by atoms with Crippen LogP contribution in [0.1, 0.15) is 13.8 Å². The van der Waals surface area contributed by atoms with Crippen LogP contribution in [0, 0.1) is 28.6 Å². The fourth-order valence-electron chi connectivity index (χ4n) is 1.80. The lowest BCUT2D eigenvalue weighted by Gasteiger charge is -1.96. The molecule has 0 aromatic carbocycles. The van der Waals surface area contributed by atoms with Crippen LogP contribution in [0.15, 0.2) is 24.3 Å². The summed E-state index contributed by atoms with van der Waals surface area (Å²) in [5.74, 6) is -1.21. The molecule has 1 N–H and O–H groups in total. The molecule has 1 fully saturated rings. The van der Waals surface area contributed by atoms with Gasteiger partial charge in [0.1, 0.15) is 0 Å². The van der Waals surface area contributed by atoms with E-state index in [2.05, 4.69) is 6.58 Å². The van der Waals surface area contributed by atoms with Crippen molar-refractivity contribution in [1.29, 1.82) is 5.26 Å². The Morgan fingerprint density at radius 2 is 2.21 bits per heavy atom. The normalized spacial score (nSPS) is 29.1. The smallest absolute Gasteiger partial charge is 0.307 e. The molecule has 0 aromatic heterocycles. The van der Waals surface area contributed by atoms with Crippen LogP contribution in [-0.2, 0) is 4.79 Å². The highest BCUT2D eigenvalue weighted by atomic mass is 16.4. The summed E-state index contributed by atoms with van der Waals surface area (Å²) < 4.78 is 0. The Bertz CT molecular complexity index is 347. The van der Waals surface area contributed by atoms with E-state index in [-0.39, 0.29) is 17.3 Å². The lowest BCUT2D eigenvalue weighted by atomic mass is 10.1. The Kier molecular flexibility index (Phi) is 2.48. The van der Waals surface area contributed by atoms with Gasteiger partial charge >= 0.3 is 5.97 Å². The van der Waals surface area contributed by atoms with Crippen LogP contribution in [-0.4, -0.2) is 11.1 Å². The average Bonchev–Trinajstić information content (AvgIpc) is 2.63. The largest absolute Gasteiger partial charge is 0.481 e. The maximum atomic E-state index is 10.8. The molecule has 0 spiro atoms. The van der Waals surface area contributed by atoms with Gasteiger partial charge in [-0.1, -0.05) is 32.6 Å². The van der Waals surface area contributed by atoms with Crippen molar-refractivity contribution in [2.24, 2.45) is 17.3 Å². The summed E-state index contributed by atoms with van der Waals surface area (Å²) in [5.41, 5.74) is 0.212. The molecule has 1 saturated carbocycles. The van der Waals surface area contributed by atoms with Crippen molar-refractivity contribution >= 4 is 5.97 Å². The first kappa shape index (κ1) is 10.5. The minimum atomic E-state index is -0.794. The second-order valence-electron chi connectivity index (χ2n) is 4.10. The van der Waals surface area contributed by atoms with Crippen molar-refractivity contribution in [3.8, 4) is 6.07 Å². The summed E-state index contributed by atoms with van der Waals surface area (Å²) in [6.45, 7) is 7.28. The third kappa shape index (κ3) is 1.56. The minimum Gasteiger partial charge on any atom is -0.481 e. The number of nitriles is 1. The number of rotatable bonds is 3. The summed E-state index contributed by atoms with van der Waals surface area (Å²) in [5, 5.41) is 17.5. The number of nitrogens with zero attached hydrogens (tertiary/aromatic N) is 1. The Hall–Kier alpha value is -1.56. The van der Waals surface area contributed by atoms with E-state index in [1.54, 1.807) is 6.08 Å². The number of carboxylic acids is 1. The molecule has 3 nitrogen and oxygen atoms in total.